The van der Waals surface area contributed by atoms with Crippen LogP contribution in [0.4, 0.5) is 0 Å². The van der Waals surface area contributed by atoms with Gasteiger partial charge in [0.1, 0.15) is 0 Å². The van der Waals surface area contributed by atoms with E-state index in [-0.39, 0.29) is 0 Å². The molecular weight excluding hydrogens is 516 g/mol. The van der Waals surface area contributed by atoms with E-state index in [1.165, 1.54) is 85.6 Å². The van der Waals surface area contributed by atoms with Gasteiger partial charge >= 0.3 is 0 Å². The molecule has 190 valence electrons. The van der Waals surface area contributed by atoms with Crippen LogP contribution in [0.15, 0.2) is 134 Å². The predicted molar refractivity (Wildman–Crippen MR) is 177 cm³/mol. The second kappa shape index (κ2) is 7.75. The van der Waals surface area contributed by atoms with E-state index in [1.807, 2.05) is 11.3 Å². The van der Waals surface area contributed by atoms with E-state index < -0.39 is 0 Å². The van der Waals surface area contributed by atoms with Gasteiger partial charge < -0.3 is 8.97 Å². The van der Waals surface area contributed by atoms with Crippen molar-refractivity contribution in [3.05, 3.63) is 134 Å². The summed E-state index contributed by atoms with van der Waals surface area (Å²) in [6, 6.07) is 46.8. The molecule has 0 saturated carbocycles. The van der Waals surface area contributed by atoms with Gasteiger partial charge in [0.15, 0.2) is 0 Å². The Morgan fingerprint density at radius 2 is 1.12 bits per heavy atom. The van der Waals surface area contributed by atoms with E-state index in [2.05, 4.69) is 143 Å². The van der Waals surface area contributed by atoms with Crippen molar-refractivity contribution in [1.29, 1.82) is 0 Å². The SMILES string of the molecule is c1ccc(-n2c3ccccc3c3ccc4c5cc6c(cc5c5c7ccccc7cn5c4c32)sc2ccccc26)cc1. The van der Waals surface area contributed by atoms with Gasteiger partial charge in [0.2, 0.25) is 0 Å². The van der Waals surface area contributed by atoms with Crippen LogP contribution >= 0.6 is 11.3 Å². The van der Waals surface area contributed by atoms with Gasteiger partial charge in [0.05, 0.1) is 22.1 Å². The average molecular weight is 539 g/mol. The van der Waals surface area contributed by atoms with Crippen molar-refractivity contribution in [1.82, 2.24) is 8.97 Å². The second-order valence-corrected chi connectivity index (χ2v) is 12.1. The number of thiophene rings is 1. The third-order valence-electron chi connectivity index (χ3n) is 8.85. The van der Waals surface area contributed by atoms with Gasteiger partial charge in [0.25, 0.3) is 0 Å². The maximum absolute atomic E-state index is 2.47. The molecule has 0 N–H and O–H groups in total. The summed E-state index contributed by atoms with van der Waals surface area (Å²) in [6.45, 7) is 0. The summed E-state index contributed by atoms with van der Waals surface area (Å²) in [6.07, 6.45) is 2.34. The Morgan fingerprint density at radius 1 is 0.415 bits per heavy atom. The van der Waals surface area contributed by atoms with Gasteiger partial charge in [0, 0.05) is 64.4 Å². The molecule has 0 unspecified atom stereocenters. The summed E-state index contributed by atoms with van der Waals surface area (Å²) in [5.41, 5.74) is 6.18. The zero-order valence-corrected chi connectivity index (χ0v) is 22.8. The van der Waals surface area contributed by atoms with Crippen LogP contribution in [0.3, 0.4) is 0 Å². The minimum absolute atomic E-state index is 1.18. The summed E-state index contributed by atoms with van der Waals surface area (Å²) >= 11 is 1.89. The summed E-state index contributed by atoms with van der Waals surface area (Å²) in [5, 5.41) is 11.7. The molecule has 0 radical (unpaired) electrons. The lowest BCUT2D eigenvalue weighted by Gasteiger charge is -2.14. The number of aromatic nitrogens is 2. The molecule has 6 aromatic carbocycles. The van der Waals surface area contributed by atoms with Crippen LogP contribution < -0.4 is 0 Å². The first-order valence-electron chi connectivity index (χ1n) is 14.0. The molecular formula is C38H22N2S. The highest BCUT2D eigenvalue weighted by atomic mass is 32.1. The normalized spacial score (nSPS) is 12.4. The Morgan fingerprint density at radius 3 is 2.00 bits per heavy atom. The molecule has 0 spiro atoms. The highest BCUT2D eigenvalue weighted by molar-refractivity contribution is 7.25. The Bertz CT molecular complexity index is 2690. The molecule has 0 fully saturated rings. The van der Waals surface area contributed by atoms with Gasteiger partial charge in [-0.3, -0.25) is 0 Å². The lowest BCUT2D eigenvalue weighted by atomic mass is 9.99. The molecule has 10 aromatic rings. The fourth-order valence-electron chi connectivity index (χ4n) is 7.15. The molecule has 0 bridgehead atoms. The smallest absolute Gasteiger partial charge is 0.0788 e. The Kier molecular flexibility index (Phi) is 4.10. The van der Waals surface area contributed by atoms with Gasteiger partial charge in [-0.1, -0.05) is 91.0 Å². The average Bonchev–Trinajstić information content (AvgIpc) is 3.70. The van der Waals surface area contributed by atoms with Crippen molar-refractivity contribution in [2.24, 2.45) is 0 Å². The van der Waals surface area contributed by atoms with Gasteiger partial charge in [-0.05, 0) is 41.8 Å². The molecule has 0 aliphatic rings. The molecule has 0 saturated heterocycles. The van der Waals surface area contributed by atoms with Crippen LogP contribution in [-0.2, 0) is 0 Å². The summed E-state index contributed by atoms with van der Waals surface area (Å²) in [5.74, 6) is 0. The Labute approximate surface area is 238 Å². The lowest BCUT2D eigenvalue weighted by molar-refractivity contribution is 1.17. The molecule has 2 nitrogen and oxygen atoms in total. The van der Waals surface area contributed by atoms with E-state index in [0.29, 0.717) is 0 Å². The minimum atomic E-state index is 1.18. The number of benzene rings is 6. The monoisotopic (exact) mass is 538 g/mol. The van der Waals surface area contributed by atoms with Crippen molar-refractivity contribution in [3.63, 3.8) is 0 Å². The first kappa shape index (κ1) is 21.7. The number of nitrogens with zero attached hydrogens (tertiary/aromatic N) is 2. The fourth-order valence-corrected chi connectivity index (χ4v) is 8.27. The molecule has 41 heavy (non-hydrogen) atoms. The maximum Gasteiger partial charge on any atom is 0.0788 e. The molecule has 0 amide bonds. The lowest BCUT2D eigenvalue weighted by Crippen LogP contribution is -1.97. The Hall–Kier alpha value is -5.12. The van der Waals surface area contributed by atoms with Crippen molar-refractivity contribution < 1.29 is 0 Å². The van der Waals surface area contributed by atoms with Crippen LogP contribution in [0.25, 0.3) is 85.6 Å². The zero-order valence-electron chi connectivity index (χ0n) is 22.0. The number of rotatable bonds is 1. The van der Waals surface area contributed by atoms with E-state index in [4.69, 9.17) is 0 Å². The van der Waals surface area contributed by atoms with E-state index >= 15 is 0 Å². The third-order valence-corrected chi connectivity index (χ3v) is 9.99. The van der Waals surface area contributed by atoms with Crippen LogP contribution in [0, 0.1) is 0 Å². The molecule has 3 heteroatoms. The summed E-state index contributed by atoms with van der Waals surface area (Å²) in [7, 11) is 0. The second-order valence-electron chi connectivity index (χ2n) is 11.0. The molecule has 4 heterocycles. The fraction of sp³-hybridized carbons (Fsp3) is 0. The molecule has 0 aliphatic heterocycles. The number of para-hydroxylation sites is 2. The van der Waals surface area contributed by atoms with Crippen molar-refractivity contribution in [2.45, 2.75) is 0 Å². The number of hydrogen-bond acceptors (Lipinski definition) is 1. The molecule has 0 atom stereocenters. The molecule has 10 rings (SSSR count). The van der Waals surface area contributed by atoms with E-state index in [9.17, 15) is 0 Å². The molecule has 4 aromatic heterocycles. The third kappa shape index (κ3) is 2.76. The minimum Gasteiger partial charge on any atom is -0.313 e. The zero-order chi connectivity index (χ0) is 26.7. The number of fused-ring (bicyclic) bond motifs is 15. The van der Waals surface area contributed by atoms with Crippen LogP contribution in [-0.4, -0.2) is 8.97 Å². The summed E-state index contributed by atoms with van der Waals surface area (Å²) < 4.78 is 7.61. The first-order valence-corrected chi connectivity index (χ1v) is 14.8. The van der Waals surface area contributed by atoms with Crippen molar-refractivity contribution in [2.75, 3.05) is 0 Å². The first-order chi connectivity index (χ1) is 20.3. The quantitative estimate of drug-likeness (QED) is 0.184. The largest absolute Gasteiger partial charge is 0.313 e. The number of pyridine rings is 1. The topological polar surface area (TPSA) is 9.34 Å². The highest BCUT2D eigenvalue weighted by Gasteiger charge is 2.21. The van der Waals surface area contributed by atoms with Crippen molar-refractivity contribution in [3.8, 4) is 5.69 Å². The van der Waals surface area contributed by atoms with Crippen LogP contribution in [0.5, 0.6) is 0 Å². The standard InChI is InChI=1S/C38H22N2S/c1-2-11-24(12-3-1)40-33-16-8-6-14-26(33)28-18-19-29-30-20-31-27-15-7-9-17-34(27)41-35(31)21-32(30)36-25-13-5-4-10-23(25)22-39(36)37(29)38(28)40/h1-22H. The van der Waals surface area contributed by atoms with Crippen LogP contribution in [0.1, 0.15) is 0 Å². The van der Waals surface area contributed by atoms with Crippen molar-refractivity contribution >= 4 is 91.3 Å². The number of hydrogen-bond donors (Lipinski definition) is 0. The predicted octanol–water partition coefficient (Wildman–Crippen LogP) is 10.9. The van der Waals surface area contributed by atoms with E-state index in [0.717, 1.165) is 0 Å². The van der Waals surface area contributed by atoms with Gasteiger partial charge in [-0.25, -0.2) is 0 Å². The molecule has 0 aliphatic carbocycles. The maximum atomic E-state index is 2.47. The van der Waals surface area contributed by atoms with Crippen LogP contribution in [0.2, 0.25) is 0 Å². The highest BCUT2D eigenvalue weighted by Crippen LogP contribution is 2.44. The van der Waals surface area contributed by atoms with E-state index in [1.54, 1.807) is 0 Å². The van der Waals surface area contributed by atoms with Gasteiger partial charge in [-0.2, -0.15) is 0 Å². The Balaban J connectivity index is 1.54. The van der Waals surface area contributed by atoms with Gasteiger partial charge in [-0.15, -0.1) is 11.3 Å². The summed E-state index contributed by atoms with van der Waals surface area (Å²) in [4.78, 5) is 0.